The molecule has 0 fully saturated rings. The van der Waals surface area contributed by atoms with E-state index in [4.69, 9.17) is 4.74 Å². The molecule has 1 N–H and O–H groups in total. The van der Waals surface area contributed by atoms with Crippen LogP contribution in [0.3, 0.4) is 0 Å². The van der Waals surface area contributed by atoms with Crippen molar-refractivity contribution in [2.24, 2.45) is 0 Å². The van der Waals surface area contributed by atoms with Gasteiger partial charge in [0, 0.05) is 25.5 Å². The number of esters is 1. The largest absolute Gasteiger partial charge is 0.468 e. The molecule has 0 saturated carbocycles. The Morgan fingerprint density at radius 2 is 2.11 bits per heavy atom. The molecule has 0 saturated heterocycles. The van der Waals surface area contributed by atoms with Crippen LogP contribution in [0.5, 0.6) is 0 Å². The topological polar surface area (TPSA) is 54.5 Å². The number of rotatable bonds is 7. The van der Waals surface area contributed by atoms with Gasteiger partial charge >= 0.3 is 5.97 Å². The van der Waals surface area contributed by atoms with Crippen LogP contribution in [-0.4, -0.2) is 55.7 Å². The SMILES string of the molecule is CNC(C)(CN(C)CCc1ccncc1)C(=O)OC. The lowest BCUT2D eigenvalue weighted by Gasteiger charge is -2.31. The van der Waals surface area contributed by atoms with Crippen LogP contribution in [0.2, 0.25) is 0 Å². The predicted octanol–water partition coefficient (Wildman–Crippen LogP) is 0.707. The molecule has 0 radical (unpaired) electrons. The lowest BCUT2D eigenvalue weighted by Crippen LogP contribution is -2.55. The van der Waals surface area contributed by atoms with Crippen molar-refractivity contribution < 1.29 is 9.53 Å². The summed E-state index contributed by atoms with van der Waals surface area (Å²) in [5.74, 6) is -0.245. The van der Waals surface area contributed by atoms with E-state index in [2.05, 4.69) is 15.2 Å². The molecule has 5 heteroatoms. The zero-order valence-corrected chi connectivity index (χ0v) is 12.1. The average molecular weight is 265 g/mol. The highest BCUT2D eigenvalue weighted by Gasteiger charge is 2.33. The Balaban J connectivity index is 2.50. The molecule has 1 aromatic rings. The molecule has 0 aliphatic heterocycles. The third-order valence-corrected chi connectivity index (χ3v) is 3.31. The monoisotopic (exact) mass is 265 g/mol. The van der Waals surface area contributed by atoms with Crippen LogP contribution in [-0.2, 0) is 16.0 Å². The zero-order chi connectivity index (χ0) is 14.3. The summed E-state index contributed by atoms with van der Waals surface area (Å²) in [6.45, 7) is 3.32. The van der Waals surface area contributed by atoms with Gasteiger partial charge in [-0.3, -0.25) is 9.78 Å². The standard InChI is InChI=1S/C14H23N3O2/c1-14(15-2,13(18)19-4)11-17(3)10-7-12-5-8-16-9-6-12/h5-6,8-9,15H,7,10-11H2,1-4H3. The molecule has 1 atom stereocenters. The maximum atomic E-state index is 11.8. The number of hydrogen-bond donors (Lipinski definition) is 1. The summed E-state index contributed by atoms with van der Waals surface area (Å²) < 4.78 is 4.83. The fourth-order valence-corrected chi connectivity index (χ4v) is 1.96. The van der Waals surface area contributed by atoms with Crippen molar-refractivity contribution in [3.63, 3.8) is 0 Å². The molecule has 5 nitrogen and oxygen atoms in total. The fourth-order valence-electron chi connectivity index (χ4n) is 1.96. The van der Waals surface area contributed by atoms with E-state index in [0.29, 0.717) is 6.54 Å². The first-order valence-corrected chi connectivity index (χ1v) is 6.36. The maximum Gasteiger partial charge on any atom is 0.327 e. The van der Waals surface area contributed by atoms with Crippen molar-refractivity contribution in [2.45, 2.75) is 18.9 Å². The summed E-state index contributed by atoms with van der Waals surface area (Å²) in [6, 6.07) is 4.01. The lowest BCUT2D eigenvalue weighted by atomic mass is 10.0. The number of nitrogens with zero attached hydrogens (tertiary/aromatic N) is 2. The normalized spacial score (nSPS) is 14.2. The Hall–Kier alpha value is -1.46. The number of pyridine rings is 1. The minimum atomic E-state index is -0.679. The smallest absolute Gasteiger partial charge is 0.327 e. The molecule has 0 aromatic carbocycles. The van der Waals surface area contributed by atoms with Gasteiger partial charge in [0.05, 0.1) is 7.11 Å². The molecule has 1 heterocycles. The molecule has 0 bridgehead atoms. The van der Waals surface area contributed by atoms with E-state index in [-0.39, 0.29) is 5.97 Å². The molecular formula is C14H23N3O2. The molecule has 0 amide bonds. The molecule has 1 aromatic heterocycles. The first kappa shape index (κ1) is 15.6. The van der Waals surface area contributed by atoms with Gasteiger partial charge in [0.15, 0.2) is 0 Å². The van der Waals surface area contributed by atoms with E-state index in [9.17, 15) is 4.79 Å². The van der Waals surface area contributed by atoms with Gasteiger partial charge < -0.3 is 15.0 Å². The van der Waals surface area contributed by atoms with Gasteiger partial charge in [-0.1, -0.05) is 0 Å². The minimum Gasteiger partial charge on any atom is -0.468 e. The van der Waals surface area contributed by atoms with Crippen molar-refractivity contribution in [2.75, 3.05) is 34.3 Å². The van der Waals surface area contributed by atoms with Crippen molar-refractivity contribution in [1.82, 2.24) is 15.2 Å². The van der Waals surface area contributed by atoms with E-state index in [1.165, 1.54) is 12.7 Å². The predicted molar refractivity (Wildman–Crippen MR) is 74.9 cm³/mol. The summed E-state index contributed by atoms with van der Waals surface area (Å²) in [5, 5.41) is 3.03. The Morgan fingerprint density at radius 1 is 1.47 bits per heavy atom. The molecule has 0 aliphatic carbocycles. The van der Waals surface area contributed by atoms with E-state index in [0.717, 1.165) is 13.0 Å². The van der Waals surface area contributed by atoms with Crippen LogP contribution in [0, 0.1) is 0 Å². The summed E-state index contributed by atoms with van der Waals surface area (Å²) in [5.41, 5.74) is 0.563. The van der Waals surface area contributed by atoms with Gasteiger partial charge in [0.1, 0.15) is 5.54 Å². The van der Waals surface area contributed by atoms with Crippen LogP contribution in [0.25, 0.3) is 0 Å². The van der Waals surface area contributed by atoms with Crippen molar-refractivity contribution in [1.29, 1.82) is 0 Å². The first-order chi connectivity index (χ1) is 9.01. The third kappa shape index (κ3) is 4.61. The van der Waals surface area contributed by atoms with Gasteiger partial charge in [-0.05, 0) is 45.1 Å². The van der Waals surface area contributed by atoms with Crippen molar-refractivity contribution in [3.05, 3.63) is 30.1 Å². The average Bonchev–Trinajstić information content (AvgIpc) is 2.45. The number of aromatic nitrogens is 1. The number of carbonyl (C=O) groups excluding carboxylic acids is 1. The van der Waals surface area contributed by atoms with Gasteiger partial charge in [0.2, 0.25) is 0 Å². The molecular weight excluding hydrogens is 242 g/mol. The number of methoxy groups -OCH3 is 1. The highest BCUT2D eigenvalue weighted by Crippen LogP contribution is 2.08. The van der Waals surface area contributed by atoms with Crippen molar-refractivity contribution >= 4 is 5.97 Å². The van der Waals surface area contributed by atoms with Gasteiger partial charge in [0.25, 0.3) is 0 Å². The summed E-state index contributed by atoms with van der Waals surface area (Å²) >= 11 is 0. The van der Waals surface area contributed by atoms with Crippen LogP contribution in [0.4, 0.5) is 0 Å². The van der Waals surface area contributed by atoms with Gasteiger partial charge in [-0.25, -0.2) is 0 Å². The molecule has 1 unspecified atom stereocenters. The summed E-state index contributed by atoms with van der Waals surface area (Å²) in [4.78, 5) is 17.9. The number of nitrogens with one attached hydrogen (secondary N) is 1. The Morgan fingerprint density at radius 3 is 2.63 bits per heavy atom. The number of likely N-dealkylation sites (N-methyl/N-ethyl adjacent to an activating group) is 2. The van der Waals surface area contributed by atoms with Crippen LogP contribution in [0.15, 0.2) is 24.5 Å². The Labute approximate surface area is 115 Å². The second-order valence-electron chi connectivity index (χ2n) is 4.92. The Kier molecular flexibility index (Phi) is 5.92. The second-order valence-corrected chi connectivity index (χ2v) is 4.92. The summed E-state index contributed by atoms with van der Waals surface area (Å²) in [6.07, 6.45) is 4.52. The van der Waals surface area contributed by atoms with Crippen LogP contribution in [0.1, 0.15) is 12.5 Å². The summed E-state index contributed by atoms with van der Waals surface area (Å²) in [7, 11) is 5.18. The highest BCUT2D eigenvalue weighted by molar-refractivity contribution is 5.80. The lowest BCUT2D eigenvalue weighted by molar-refractivity contribution is -0.148. The van der Waals surface area contributed by atoms with E-state index < -0.39 is 5.54 Å². The quantitative estimate of drug-likeness (QED) is 0.736. The van der Waals surface area contributed by atoms with Crippen LogP contribution >= 0.6 is 0 Å². The molecule has 0 aliphatic rings. The third-order valence-electron chi connectivity index (χ3n) is 3.31. The number of hydrogen-bond acceptors (Lipinski definition) is 5. The number of ether oxygens (including phenoxy) is 1. The molecule has 106 valence electrons. The van der Waals surface area contributed by atoms with Gasteiger partial charge in [-0.2, -0.15) is 0 Å². The van der Waals surface area contributed by atoms with Crippen molar-refractivity contribution in [3.8, 4) is 0 Å². The van der Waals surface area contributed by atoms with Gasteiger partial charge in [-0.15, -0.1) is 0 Å². The number of carbonyl (C=O) groups is 1. The molecule has 1 rings (SSSR count). The van der Waals surface area contributed by atoms with E-state index >= 15 is 0 Å². The second kappa shape index (κ2) is 7.21. The van der Waals surface area contributed by atoms with E-state index in [1.54, 1.807) is 19.4 Å². The minimum absolute atomic E-state index is 0.245. The Bertz CT molecular complexity index is 397. The molecule has 19 heavy (non-hydrogen) atoms. The van der Waals surface area contributed by atoms with E-state index in [1.807, 2.05) is 26.1 Å². The fraction of sp³-hybridized carbons (Fsp3) is 0.571. The zero-order valence-electron chi connectivity index (χ0n) is 12.1. The first-order valence-electron chi connectivity index (χ1n) is 6.36. The maximum absolute atomic E-state index is 11.8. The van der Waals surface area contributed by atoms with Crippen LogP contribution < -0.4 is 5.32 Å². The molecule has 0 spiro atoms. The highest BCUT2D eigenvalue weighted by atomic mass is 16.5.